The molecule has 0 atom stereocenters. The third-order valence-corrected chi connectivity index (χ3v) is 3.30. The van der Waals surface area contributed by atoms with E-state index in [1.807, 2.05) is 18.2 Å². The van der Waals surface area contributed by atoms with Gasteiger partial charge >= 0.3 is 5.97 Å². The summed E-state index contributed by atoms with van der Waals surface area (Å²) in [4.78, 5) is 14.1. The van der Waals surface area contributed by atoms with Gasteiger partial charge < -0.3 is 10.1 Å². The van der Waals surface area contributed by atoms with Crippen LogP contribution < -0.4 is 0 Å². The molecule has 3 heteroatoms. The smallest absolute Gasteiger partial charge is 0.337 e. The second-order valence-electron chi connectivity index (χ2n) is 4.63. The molecule has 0 bridgehead atoms. The van der Waals surface area contributed by atoms with Crippen LogP contribution in [0, 0.1) is 6.92 Å². The van der Waals surface area contributed by atoms with Gasteiger partial charge in [0.25, 0.3) is 0 Å². The summed E-state index contributed by atoms with van der Waals surface area (Å²) in [6, 6.07) is 14.0. The normalized spacial score (nSPS) is 10.8. The zero-order valence-corrected chi connectivity index (χ0v) is 10.5. The fraction of sp³-hybridized carbons (Fsp3) is 0.0625. The standard InChI is InChI=1S/C16H13NO2/c1-10-2-4-11(5-3-10)12-6-7-13-14(16(18)19)9-17-15(13)8-12/h2-9,17H,1H3,(H,18,19). The van der Waals surface area contributed by atoms with Crippen LogP contribution in [0.25, 0.3) is 22.0 Å². The summed E-state index contributed by atoms with van der Waals surface area (Å²) >= 11 is 0. The minimum Gasteiger partial charge on any atom is -0.478 e. The van der Waals surface area contributed by atoms with E-state index in [9.17, 15) is 4.79 Å². The van der Waals surface area contributed by atoms with E-state index >= 15 is 0 Å². The molecule has 19 heavy (non-hydrogen) atoms. The molecule has 94 valence electrons. The van der Waals surface area contributed by atoms with Gasteiger partial charge in [0.15, 0.2) is 0 Å². The van der Waals surface area contributed by atoms with Crippen molar-refractivity contribution in [2.45, 2.75) is 6.92 Å². The Balaban J connectivity index is 2.12. The first-order valence-electron chi connectivity index (χ1n) is 6.06. The summed E-state index contributed by atoms with van der Waals surface area (Å²) in [6.45, 7) is 2.05. The average molecular weight is 251 g/mol. The molecule has 0 aliphatic rings. The second kappa shape index (κ2) is 4.28. The monoisotopic (exact) mass is 251 g/mol. The van der Waals surface area contributed by atoms with Crippen LogP contribution in [-0.2, 0) is 0 Å². The quantitative estimate of drug-likeness (QED) is 0.727. The number of carbonyl (C=O) groups is 1. The predicted octanol–water partition coefficient (Wildman–Crippen LogP) is 3.84. The summed E-state index contributed by atoms with van der Waals surface area (Å²) in [5.74, 6) is -0.908. The van der Waals surface area contributed by atoms with E-state index in [1.165, 1.54) is 11.8 Å². The fourth-order valence-corrected chi connectivity index (χ4v) is 2.23. The molecule has 0 aliphatic carbocycles. The molecule has 2 aromatic carbocycles. The number of aromatic amines is 1. The summed E-state index contributed by atoms with van der Waals surface area (Å²) in [6.07, 6.45) is 1.53. The van der Waals surface area contributed by atoms with Gasteiger partial charge in [-0.3, -0.25) is 0 Å². The molecule has 0 amide bonds. The molecule has 0 radical (unpaired) electrons. The van der Waals surface area contributed by atoms with E-state index in [0.717, 1.165) is 22.0 Å². The molecular weight excluding hydrogens is 238 g/mol. The minimum atomic E-state index is -0.908. The van der Waals surface area contributed by atoms with Gasteiger partial charge in [-0.15, -0.1) is 0 Å². The van der Waals surface area contributed by atoms with E-state index in [4.69, 9.17) is 5.11 Å². The molecule has 3 rings (SSSR count). The van der Waals surface area contributed by atoms with Crippen LogP contribution in [0.4, 0.5) is 0 Å². The Hall–Kier alpha value is -2.55. The molecule has 3 nitrogen and oxygen atoms in total. The number of hydrogen-bond donors (Lipinski definition) is 2. The largest absolute Gasteiger partial charge is 0.478 e. The van der Waals surface area contributed by atoms with Crippen LogP contribution in [0.3, 0.4) is 0 Å². The van der Waals surface area contributed by atoms with Crippen LogP contribution in [0.5, 0.6) is 0 Å². The maximum atomic E-state index is 11.0. The zero-order chi connectivity index (χ0) is 13.4. The topological polar surface area (TPSA) is 53.1 Å². The molecule has 0 aliphatic heterocycles. The lowest BCUT2D eigenvalue weighted by Gasteiger charge is -2.03. The van der Waals surface area contributed by atoms with E-state index < -0.39 is 5.97 Å². The van der Waals surface area contributed by atoms with Crippen LogP contribution >= 0.6 is 0 Å². The number of fused-ring (bicyclic) bond motifs is 1. The summed E-state index contributed by atoms with van der Waals surface area (Å²) < 4.78 is 0. The average Bonchev–Trinajstić information content (AvgIpc) is 2.82. The highest BCUT2D eigenvalue weighted by Gasteiger charge is 2.10. The number of carboxylic acids is 1. The Labute approximate surface area is 110 Å². The molecular formula is C16H13NO2. The van der Waals surface area contributed by atoms with E-state index in [1.54, 1.807) is 0 Å². The van der Waals surface area contributed by atoms with E-state index in [-0.39, 0.29) is 0 Å². The number of aromatic nitrogens is 1. The Kier molecular flexibility index (Phi) is 2.60. The molecule has 1 heterocycles. The maximum absolute atomic E-state index is 11.0. The second-order valence-corrected chi connectivity index (χ2v) is 4.63. The predicted molar refractivity (Wildman–Crippen MR) is 75.4 cm³/mol. The van der Waals surface area contributed by atoms with Crippen molar-refractivity contribution in [2.75, 3.05) is 0 Å². The van der Waals surface area contributed by atoms with Crippen molar-refractivity contribution >= 4 is 16.9 Å². The number of rotatable bonds is 2. The van der Waals surface area contributed by atoms with Crippen molar-refractivity contribution < 1.29 is 9.90 Å². The molecule has 0 spiro atoms. The molecule has 3 aromatic rings. The van der Waals surface area contributed by atoms with Crippen molar-refractivity contribution in [3.8, 4) is 11.1 Å². The Morgan fingerprint density at radius 3 is 2.42 bits per heavy atom. The summed E-state index contributed by atoms with van der Waals surface area (Å²) in [5, 5.41) is 9.81. The summed E-state index contributed by atoms with van der Waals surface area (Å²) in [7, 11) is 0. The lowest BCUT2D eigenvalue weighted by molar-refractivity contribution is 0.0699. The first-order chi connectivity index (χ1) is 9.15. The summed E-state index contributed by atoms with van der Waals surface area (Å²) in [5.41, 5.74) is 4.57. The van der Waals surface area contributed by atoms with Gasteiger partial charge in [0.05, 0.1) is 5.56 Å². The van der Waals surface area contributed by atoms with Crippen molar-refractivity contribution in [1.29, 1.82) is 0 Å². The highest BCUT2D eigenvalue weighted by molar-refractivity contribution is 6.04. The molecule has 1 aromatic heterocycles. The van der Waals surface area contributed by atoms with Crippen LogP contribution in [0.1, 0.15) is 15.9 Å². The first-order valence-corrected chi connectivity index (χ1v) is 6.06. The zero-order valence-electron chi connectivity index (χ0n) is 10.5. The van der Waals surface area contributed by atoms with Gasteiger partial charge in [-0.05, 0) is 24.1 Å². The first kappa shape index (κ1) is 11.5. The highest BCUT2D eigenvalue weighted by atomic mass is 16.4. The third kappa shape index (κ3) is 1.99. The number of aromatic carboxylic acids is 1. The molecule has 0 unspecified atom stereocenters. The Bertz CT molecular complexity index is 754. The van der Waals surface area contributed by atoms with Crippen LogP contribution in [0.2, 0.25) is 0 Å². The van der Waals surface area contributed by atoms with Crippen molar-refractivity contribution in [2.24, 2.45) is 0 Å². The van der Waals surface area contributed by atoms with Crippen LogP contribution in [-0.4, -0.2) is 16.1 Å². The van der Waals surface area contributed by atoms with Gasteiger partial charge in [0.2, 0.25) is 0 Å². The fourth-order valence-electron chi connectivity index (χ4n) is 2.23. The molecule has 0 saturated carbocycles. The van der Waals surface area contributed by atoms with Crippen LogP contribution in [0.15, 0.2) is 48.7 Å². The highest BCUT2D eigenvalue weighted by Crippen LogP contribution is 2.26. The maximum Gasteiger partial charge on any atom is 0.337 e. The number of hydrogen-bond acceptors (Lipinski definition) is 1. The molecule has 0 fully saturated rings. The van der Waals surface area contributed by atoms with Crippen molar-refractivity contribution in [3.05, 3.63) is 59.8 Å². The van der Waals surface area contributed by atoms with Gasteiger partial charge in [-0.2, -0.15) is 0 Å². The molecule has 2 N–H and O–H groups in total. The van der Waals surface area contributed by atoms with Gasteiger partial charge in [0, 0.05) is 17.1 Å². The van der Waals surface area contributed by atoms with E-state index in [0.29, 0.717) is 5.56 Å². The van der Waals surface area contributed by atoms with Crippen molar-refractivity contribution in [1.82, 2.24) is 4.98 Å². The Morgan fingerprint density at radius 1 is 1.05 bits per heavy atom. The van der Waals surface area contributed by atoms with E-state index in [2.05, 4.69) is 36.2 Å². The van der Waals surface area contributed by atoms with Crippen molar-refractivity contribution in [3.63, 3.8) is 0 Å². The van der Waals surface area contributed by atoms with Gasteiger partial charge in [0.1, 0.15) is 0 Å². The van der Waals surface area contributed by atoms with Gasteiger partial charge in [-0.25, -0.2) is 4.79 Å². The number of H-pyrrole nitrogens is 1. The lowest BCUT2D eigenvalue weighted by Crippen LogP contribution is -1.93. The number of aryl methyl sites for hydroxylation is 1. The number of carboxylic acid groups (broad SMARTS) is 1. The minimum absolute atomic E-state index is 0.311. The Morgan fingerprint density at radius 2 is 1.74 bits per heavy atom. The number of benzene rings is 2. The number of nitrogens with one attached hydrogen (secondary N) is 1. The third-order valence-electron chi connectivity index (χ3n) is 3.30. The lowest BCUT2D eigenvalue weighted by atomic mass is 10.0. The van der Waals surface area contributed by atoms with Gasteiger partial charge in [-0.1, -0.05) is 42.0 Å². The molecule has 0 saturated heterocycles. The SMILES string of the molecule is Cc1ccc(-c2ccc3c(C(=O)O)c[nH]c3c2)cc1.